The number of benzene rings is 1. The Morgan fingerprint density at radius 2 is 1.89 bits per heavy atom. The Hall–Kier alpha value is -1.94. The normalized spacial score (nSPS) is 14.2. The minimum atomic E-state index is -0.999. The smallest absolute Gasteiger partial charge is 0.323 e. The van der Waals surface area contributed by atoms with E-state index in [4.69, 9.17) is 5.73 Å². The third kappa shape index (κ3) is 3.28. The summed E-state index contributed by atoms with van der Waals surface area (Å²) in [7, 11) is 1.25. The van der Waals surface area contributed by atoms with Crippen LogP contribution in [0.5, 0.6) is 0 Å². The highest BCUT2D eigenvalue weighted by Crippen LogP contribution is 2.21. The molecular weight excluding hydrogens is 230 g/mol. The number of ether oxygens (including phenoxy) is 1. The van der Waals surface area contributed by atoms with Gasteiger partial charge in [-0.05, 0) is 18.6 Å². The molecule has 2 atom stereocenters. The van der Waals surface area contributed by atoms with Gasteiger partial charge in [-0.2, -0.15) is 0 Å². The number of nitrogens with two attached hydrogens (primary N) is 1. The Balaban J connectivity index is 3.10. The van der Waals surface area contributed by atoms with Gasteiger partial charge in [0, 0.05) is 0 Å². The number of rotatable bonds is 5. The van der Waals surface area contributed by atoms with Crippen molar-refractivity contribution in [3.63, 3.8) is 0 Å². The summed E-state index contributed by atoms with van der Waals surface area (Å²) in [6, 6.07) is 7.99. The maximum atomic E-state index is 12.0. The van der Waals surface area contributed by atoms with E-state index < -0.39 is 17.9 Å². The van der Waals surface area contributed by atoms with Crippen molar-refractivity contribution in [2.24, 2.45) is 5.73 Å². The van der Waals surface area contributed by atoms with Gasteiger partial charge < -0.3 is 10.5 Å². The van der Waals surface area contributed by atoms with Gasteiger partial charge in [-0.3, -0.25) is 9.59 Å². The quantitative estimate of drug-likeness (QED) is 0.631. The van der Waals surface area contributed by atoms with Gasteiger partial charge in [-0.25, -0.2) is 0 Å². The number of methoxy groups -OCH3 is 1. The van der Waals surface area contributed by atoms with E-state index in [0.29, 0.717) is 5.56 Å². The number of allylic oxidation sites excluding steroid dienone is 2. The second-order valence-corrected chi connectivity index (χ2v) is 3.84. The molecule has 0 amide bonds. The molecule has 18 heavy (non-hydrogen) atoms. The zero-order valence-electron chi connectivity index (χ0n) is 10.5. The molecule has 0 heterocycles. The predicted molar refractivity (Wildman–Crippen MR) is 69.0 cm³/mol. The van der Waals surface area contributed by atoms with Crippen molar-refractivity contribution in [1.29, 1.82) is 0 Å². The standard InChI is InChI=1S/C14H17NO3/c1-3-7-11(16)12(13(15)14(17)18-2)10-8-5-4-6-9-10/h3-9,12-13H,15H2,1-2H3/b7-3+. The second kappa shape index (κ2) is 6.71. The molecule has 2 N–H and O–H groups in total. The van der Waals surface area contributed by atoms with Crippen molar-refractivity contribution in [3.05, 3.63) is 48.0 Å². The first-order valence-corrected chi connectivity index (χ1v) is 5.66. The first-order valence-electron chi connectivity index (χ1n) is 5.66. The van der Waals surface area contributed by atoms with Gasteiger partial charge in [0.2, 0.25) is 0 Å². The third-order valence-electron chi connectivity index (χ3n) is 2.63. The average molecular weight is 247 g/mol. The van der Waals surface area contributed by atoms with E-state index in [1.807, 2.05) is 6.07 Å². The molecule has 4 nitrogen and oxygen atoms in total. The van der Waals surface area contributed by atoms with Crippen molar-refractivity contribution < 1.29 is 14.3 Å². The SMILES string of the molecule is C/C=C/C(=O)C(c1ccccc1)C(N)C(=O)OC. The van der Waals surface area contributed by atoms with Crippen LogP contribution in [0.15, 0.2) is 42.5 Å². The van der Waals surface area contributed by atoms with Crippen molar-refractivity contribution in [2.75, 3.05) is 7.11 Å². The molecule has 2 unspecified atom stereocenters. The van der Waals surface area contributed by atoms with Crippen molar-refractivity contribution in [3.8, 4) is 0 Å². The van der Waals surface area contributed by atoms with Crippen molar-refractivity contribution in [1.82, 2.24) is 0 Å². The Morgan fingerprint density at radius 1 is 1.28 bits per heavy atom. The fourth-order valence-electron chi connectivity index (χ4n) is 1.75. The highest BCUT2D eigenvalue weighted by Gasteiger charge is 2.31. The van der Waals surface area contributed by atoms with Gasteiger partial charge in [0.15, 0.2) is 5.78 Å². The molecule has 1 aromatic rings. The Kier molecular flexibility index (Phi) is 5.27. The zero-order chi connectivity index (χ0) is 13.5. The van der Waals surface area contributed by atoms with E-state index >= 15 is 0 Å². The maximum Gasteiger partial charge on any atom is 0.323 e. The van der Waals surface area contributed by atoms with Crippen LogP contribution in [-0.2, 0) is 14.3 Å². The minimum absolute atomic E-state index is 0.207. The highest BCUT2D eigenvalue weighted by atomic mass is 16.5. The van der Waals surface area contributed by atoms with Crippen molar-refractivity contribution >= 4 is 11.8 Å². The molecule has 1 rings (SSSR count). The van der Waals surface area contributed by atoms with Gasteiger partial charge >= 0.3 is 5.97 Å². The number of esters is 1. The summed E-state index contributed by atoms with van der Waals surface area (Å²) in [6.07, 6.45) is 3.04. The van der Waals surface area contributed by atoms with Crippen LogP contribution in [0.4, 0.5) is 0 Å². The summed E-state index contributed by atoms with van der Waals surface area (Å²) >= 11 is 0. The van der Waals surface area contributed by atoms with Crippen LogP contribution in [0.3, 0.4) is 0 Å². The molecule has 0 aliphatic carbocycles. The summed E-state index contributed by atoms with van der Waals surface area (Å²) in [5.41, 5.74) is 6.51. The number of ketones is 1. The van der Waals surface area contributed by atoms with Crippen LogP contribution >= 0.6 is 0 Å². The molecule has 0 aromatic heterocycles. The molecule has 4 heteroatoms. The van der Waals surface area contributed by atoms with Crippen LogP contribution in [-0.4, -0.2) is 24.9 Å². The lowest BCUT2D eigenvalue weighted by Crippen LogP contribution is -2.40. The Morgan fingerprint density at radius 3 is 2.39 bits per heavy atom. The Bertz CT molecular complexity index is 440. The van der Waals surface area contributed by atoms with Crippen LogP contribution in [0, 0.1) is 0 Å². The number of carbonyl (C=O) groups excluding carboxylic acids is 2. The third-order valence-corrected chi connectivity index (χ3v) is 2.63. The summed E-state index contributed by atoms with van der Waals surface area (Å²) in [4.78, 5) is 23.5. The van der Waals surface area contributed by atoms with E-state index in [0.717, 1.165) is 0 Å². The maximum absolute atomic E-state index is 12.0. The van der Waals surface area contributed by atoms with Gasteiger partial charge in [0.25, 0.3) is 0 Å². The Labute approximate surface area is 106 Å². The lowest BCUT2D eigenvalue weighted by molar-refractivity contribution is -0.144. The summed E-state index contributed by atoms with van der Waals surface area (Å²) in [5.74, 6) is -1.52. The predicted octanol–water partition coefficient (Wildman–Crippen LogP) is 1.42. The molecule has 0 saturated carbocycles. The molecule has 0 radical (unpaired) electrons. The largest absolute Gasteiger partial charge is 0.468 e. The number of hydrogen-bond acceptors (Lipinski definition) is 4. The van der Waals surface area contributed by atoms with Crippen LogP contribution < -0.4 is 5.73 Å². The summed E-state index contributed by atoms with van der Waals surface area (Å²) < 4.78 is 4.60. The van der Waals surface area contributed by atoms with E-state index in [2.05, 4.69) is 4.74 Å². The van der Waals surface area contributed by atoms with Crippen LogP contribution in [0.1, 0.15) is 18.4 Å². The highest BCUT2D eigenvalue weighted by molar-refractivity contribution is 5.99. The molecule has 0 spiro atoms. The van der Waals surface area contributed by atoms with Crippen LogP contribution in [0.2, 0.25) is 0 Å². The molecule has 0 aliphatic rings. The van der Waals surface area contributed by atoms with E-state index in [1.165, 1.54) is 13.2 Å². The number of carbonyl (C=O) groups is 2. The van der Waals surface area contributed by atoms with E-state index in [9.17, 15) is 9.59 Å². The zero-order valence-corrected chi connectivity index (χ0v) is 10.5. The van der Waals surface area contributed by atoms with E-state index in [1.54, 1.807) is 37.3 Å². The van der Waals surface area contributed by atoms with E-state index in [-0.39, 0.29) is 5.78 Å². The molecule has 0 saturated heterocycles. The lowest BCUT2D eigenvalue weighted by Gasteiger charge is -2.19. The molecular formula is C14H17NO3. The fourth-order valence-corrected chi connectivity index (χ4v) is 1.75. The second-order valence-electron chi connectivity index (χ2n) is 3.84. The molecule has 0 fully saturated rings. The minimum Gasteiger partial charge on any atom is -0.468 e. The lowest BCUT2D eigenvalue weighted by atomic mass is 9.88. The van der Waals surface area contributed by atoms with Crippen LogP contribution in [0.25, 0.3) is 0 Å². The monoisotopic (exact) mass is 247 g/mol. The molecule has 96 valence electrons. The molecule has 1 aromatic carbocycles. The summed E-state index contributed by atoms with van der Waals surface area (Å²) in [5, 5.41) is 0. The topological polar surface area (TPSA) is 69.4 Å². The molecule has 0 bridgehead atoms. The van der Waals surface area contributed by atoms with Gasteiger partial charge in [0.05, 0.1) is 13.0 Å². The fraction of sp³-hybridized carbons (Fsp3) is 0.286. The first-order chi connectivity index (χ1) is 8.61. The average Bonchev–Trinajstić information content (AvgIpc) is 2.39. The van der Waals surface area contributed by atoms with Crippen molar-refractivity contribution in [2.45, 2.75) is 18.9 Å². The van der Waals surface area contributed by atoms with Gasteiger partial charge in [-0.1, -0.05) is 36.4 Å². The molecule has 0 aliphatic heterocycles. The first kappa shape index (κ1) is 14.1. The summed E-state index contributed by atoms with van der Waals surface area (Å²) in [6.45, 7) is 1.74. The number of hydrogen-bond donors (Lipinski definition) is 1. The van der Waals surface area contributed by atoms with Gasteiger partial charge in [0.1, 0.15) is 6.04 Å². The van der Waals surface area contributed by atoms with Gasteiger partial charge in [-0.15, -0.1) is 0 Å².